The number of hydrogen-bond donors (Lipinski definition) is 0. The van der Waals surface area contributed by atoms with Crippen molar-refractivity contribution in [3.8, 4) is 0 Å². The van der Waals surface area contributed by atoms with Crippen LogP contribution in [0, 0.1) is 163 Å². The smallest absolute Gasteiger partial charge is 0.333 e. The molecule has 12 heteroatoms. The molecule has 678 valence electrons. The Morgan fingerprint density at radius 3 is 0.727 bits per heavy atom. The van der Waals surface area contributed by atoms with Crippen LogP contribution in [-0.4, -0.2) is 69.4 Å². The standard InChI is InChI=1S/2C19H30O2.3C18H28O2.C17H26O2/c1-6-13(4)19(21-17(20)12(2)3)15-7-14-8-16(19)11-18(5,9-14)10-15;1-5-6-7-19(21-17(20)13(2)3)15-8-14-9-16(19)12-18(4,10-14)11-15;1-11(2)16(19)20-18(12(3)4)14-6-13-7-15(18)10-17(5,8-13)9-14;1-5-12(3)18(20-16(19)6-2)14-7-13-8-15(18)11-17(4,9-13)10-14;1-4-6-7-18(20-16(19)5-2)14-8-13-9-15(18)12-17(3,10-13)11-14;1-5-15(18)19-17(11(2)3)13-6-12-7-14(17)10-16(4,8-12)9-13/h13-16H,2,6-11H2,1,3-5H3;14-16H,2,5-12H2,1,3-4H3;12-15H,1,6-10H2,2-5H3;6,12-15H,2,5,7-11H2,1,3-4H3;5,13-15H,2,4,6-12H2,1,3H3;5,11-14H,1,6-10H2,2-4H3. The summed E-state index contributed by atoms with van der Waals surface area (Å²) in [5, 5.41) is 0. The Morgan fingerprint density at radius 2 is 0.496 bits per heavy atom. The summed E-state index contributed by atoms with van der Waals surface area (Å²) in [7, 11) is 0. The van der Waals surface area contributed by atoms with Gasteiger partial charge in [0.05, 0.1) is 0 Å². The maximum absolute atomic E-state index is 12.3. The molecule has 24 bridgehead atoms. The lowest BCUT2D eigenvalue weighted by Gasteiger charge is -2.65. The lowest BCUT2D eigenvalue weighted by atomic mass is 9.43. The first kappa shape index (κ1) is 93.9. The number of unbranched alkanes of at least 4 members (excludes halogenated alkanes) is 2. The first-order chi connectivity index (χ1) is 56.8. The Labute approximate surface area is 735 Å². The molecule has 0 aromatic heterocycles. The monoisotopic (exact) mass is 1670 g/mol. The van der Waals surface area contributed by atoms with Gasteiger partial charge in [0.15, 0.2) is 0 Å². The maximum atomic E-state index is 12.3. The van der Waals surface area contributed by atoms with E-state index in [9.17, 15) is 28.8 Å². The van der Waals surface area contributed by atoms with Gasteiger partial charge in [-0.1, -0.05) is 163 Å². The van der Waals surface area contributed by atoms with E-state index in [0.29, 0.717) is 144 Å². The van der Waals surface area contributed by atoms with Crippen LogP contribution in [0.3, 0.4) is 0 Å². The van der Waals surface area contributed by atoms with Gasteiger partial charge in [-0.3, -0.25) is 0 Å². The van der Waals surface area contributed by atoms with Gasteiger partial charge in [-0.15, -0.1) is 0 Å². The number of carbonyl (C=O) groups excluding carboxylic acids is 6. The highest BCUT2D eigenvalue weighted by Crippen LogP contribution is 2.73. The summed E-state index contributed by atoms with van der Waals surface area (Å²) < 4.78 is 36.7. The van der Waals surface area contributed by atoms with Crippen LogP contribution in [0.1, 0.15) is 376 Å². The van der Waals surface area contributed by atoms with Crippen LogP contribution in [0.15, 0.2) is 74.4 Å². The van der Waals surface area contributed by atoms with Gasteiger partial charge >= 0.3 is 35.8 Å². The highest BCUT2D eigenvalue weighted by molar-refractivity contribution is 5.88. The van der Waals surface area contributed by atoms with Gasteiger partial charge in [-0.25, -0.2) is 28.8 Å². The number of carbonyl (C=O) groups is 6. The molecule has 14 unspecified atom stereocenters. The molecule has 0 N–H and O–H groups in total. The Bertz CT molecular complexity index is 3780. The molecule has 12 nitrogen and oxygen atoms in total. The van der Waals surface area contributed by atoms with Crippen molar-refractivity contribution in [3.63, 3.8) is 0 Å². The van der Waals surface area contributed by atoms with Crippen molar-refractivity contribution >= 4 is 35.8 Å². The van der Waals surface area contributed by atoms with E-state index in [4.69, 9.17) is 28.4 Å². The number of hydrogen-bond acceptors (Lipinski definition) is 12. The summed E-state index contributed by atoms with van der Waals surface area (Å²) in [4.78, 5) is 72.5. The molecule has 24 saturated carbocycles. The van der Waals surface area contributed by atoms with Crippen molar-refractivity contribution in [2.75, 3.05) is 0 Å². The third kappa shape index (κ3) is 17.4. The fourth-order valence-electron chi connectivity index (χ4n) is 35.3. The summed E-state index contributed by atoms with van der Waals surface area (Å²) in [6, 6.07) is 0. The summed E-state index contributed by atoms with van der Waals surface area (Å²) in [5.41, 5.74) is 3.45. The van der Waals surface area contributed by atoms with E-state index in [1.807, 2.05) is 0 Å². The first-order valence-electron chi connectivity index (χ1n) is 50.0. The Kier molecular flexibility index (Phi) is 27.2. The van der Waals surface area contributed by atoms with Crippen LogP contribution >= 0.6 is 0 Å². The molecular weight excluding hydrogens is 1500 g/mol. The Hall–Kier alpha value is -4.74. The predicted molar refractivity (Wildman–Crippen MR) is 486 cm³/mol. The van der Waals surface area contributed by atoms with Crippen molar-refractivity contribution in [3.05, 3.63) is 74.4 Å². The topological polar surface area (TPSA) is 158 Å². The Balaban J connectivity index is 0.000000125. The molecule has 0 aliphatic heterocycles. The summed E-state index contributed by atoms with van der Waals surface area (Å²) in [6.45, 7) is 64.5. The molecule has 24 rings (SSSR count). The van der Waals surface area contributed by atoms with Gasteiger partial charge < -0.3 is 28.4 Å². The van der Waals surface area contributed by atoms with E-state index in [1.54, 1.807) is 20.8 Å². The average Bonchev–Trinajstić information content (AvgIpc) is 1.20. The molecule has 0 radical (unpaired) electrons. The van der Waals surface area contributed by atoms with Crippen molar-refractivity contribution in [1.29, 1.82) is 0 Å². The van der Waals surface area contributed by atoms with Gasteiger partial charge in [-0.05, 0) is 367 Å². The average molecular weight is 1670 g/mol. The van der Waals surface area contributed by atoms with Gasteiger partial charge in [-0.2, -0.15) is 0 Å². The minimum absolute atomic E-state index is 0.163. The normalized spacial score (nSPS) is 45.8. The van der Waals surface area contributed by atoms with Gasteiger partial charge in [0.1, 0.15) is 33.6 Å². The minimum Gasteiger partial charge on any atom is -0.455 e. The fourth-order valence-corrected chi connectivity index (χ4v) is 35.3. The molecule has 14 atom stereocenters. The summed E-state index contributed by atoms with van der Waals surface area (Å²) >= 11 is 0. The number of rotatable bonds is 24. The summed E-state index contributed by atoms with van der Waals surface area (Å²) in [5.74, 6) is 12.6. The zero-order valence-electron chi connectivity index (χ0n) is 79.9. The molecule has 24 fully saturated rings. The van der Waals surface area contributed by atoms with E-state index >= 15 is 0 Å². The molecule has 0 aromatic rings. The molecule has 0 spiro atoms. The number of ether oxygens (including phenoxy) is 6. The van der Waals surface area contributed by atoms with E-state index < -0.39 is 0 Å². The third-order valence-electron chi connectivity index (χ3n) is 38.5. The number of esters is 6. The molecular formula is C109H170O12. The highest BCUT2D eigenvalue weighted by Gasteiger charge is 2.70. The van der Waals surface area contributed by atoms with Gasteiger partial charge in [0, 0.05) is 82.3 Å². The van der Waals surface area contributed by atoms with Crippen LogP contribution in [0.5, 0.6) is 0 Å². The van der Waals surface area contributed by atoms with Crippen LogP contribution in [0.2, 0.25) is 0 Å². The van der Waals surface area contributed by atoms with E-state index in [1.165, 1.54) is 230 Å². The first-order valence-corrected chi connectivity index (χ1v) is 50.0. The fraction of sp³-hybridized carbons (Fsp3) is 0.835. The van der Waals surface area contributed by atoms with Crippen LogP contribution in [0.4, 0.5) is 0 Å². The second kappa shape index (κ2) is 35.0. The second-order valence-electron chi connectivity index (χ2n) is 48.8. The lowest BCUT2D eigenvalue weighted by molar-refractivity contribution is -0.238. The molecule has 24 aliphatic carbocycles. The molecule has 0 amide bonds. The SMILES string of the molecule is C=C(C)C(=O)OC1(C(C)C)C2CC3CC1CC(C)(C3)C2.C=C(C)C(=O)OC1(C(C)CC)C2CC3CC1CC(C)(C3)C2.C=C(C)C(=O)OC1(CCCC)C2CC3CC1CC(C)(C3)C2.C=CC(=O)OC1(C(C)C)C2CC3CC1CC(C)(C3)C2.C=CC(=O)OC1(C(C)CC)C2CC3CC1CC(C)(C3)C2.C=CC(=O)OC1(CCCC)C2CC3CC1CC(C)(C3)C2. The second-order valence-corrected chi connectivity index (χ2v) is 48.8. The zero-order chi connectivity index (χ0) is 88.1. The quantitative estimate of drug-likeness (QED) is 0.0512. The van der Waals surface area contributed by atoms with Crippen molar-refractivity contribution in [1.82, 2.24) is 0 Å². The molecule has 0 saturated heterocycles. The molecule has 121 heavy (non-hydrogen) atoms. The Morgan fingerprint density at radius 1 is 0.298 bits per heavy atom. The van der Waals surface area contributed by atoms with Gasteiger partial charge in [0.25, 0.3) is 0 Å². The summed E-state index contributed by atoms with van der Waals surface area (Å²) in [6.07, 6.45) is 51.5. The van der Waals surface area contributed by atoms with Crippen LogP contribution in [-0.2, 0) is 57.2 Å². The largest absolute Gasteiger partial charge is 0.455 e. The zero-order valence-corrected chi connectivity index (χ0v) is 79.9. The van der Waals surface area contributed by atoms with Gasteiger partial charge in [0.2, 0.25) is 0 Å². The highest BCUT2D eigenvalue weighted by atomic mass is 16.6. The lowest BCUT2D eigenvalue weighted by Crippen LogP contribution is -2.64. The molecule has 0 aromatic carbocycles. The molecule has 24 aliphatic rings. The molecule has 0 heterocycles. The van der Waals surface area contributed by atoms with E-state index in [0.717, 1.165) is 67.6 Å². The third-order valence-corrected chi connectivity index (χ3v) is 38.5. The van der Waals surface area contributed by atoms with Crippen LogP contribution < -0.4 is 0 Å². The van der Waals surface area contributed by atoms with E-state index in [-0.39, 0.29) is 69.4 Å². The van der Waals surface area contributed by atoms with Crippen molar-refractivity contribution in [2.45, 2.75) is 409 Å². The van der Waals surface area contributed by atoms with Crippen LogP contribution in [0.25, 0.3) is 0 Å². The minimum atomic E-state index is -0.230. The van der Waals surface area contributed by atoms with Crippen molar-refractivity contribution < 1.29 is 57.2 Å². The predicted octanol–water partition coefficient (Wildman–Crippen LogP) is 26.8. The van der Waals surface area contributed by atoms with Crippen molar-refractivity contribution in [2.24, 2.45) is 163 Å². The maximum Gasteiger partial charge on any atom is 0.333 e. The van der Waals surface area contributed by atoms with E-state index in [2.05, 4.69) is 150 Å².